The van der Waals surface area contributed by atoms with Gasteiger partial charge in [0.15, 0.2) is 0 Å². The van der Waals surface area contributed by atoms with Gasteiger partial charge in [0, 0.05) is 16.7 Å². The largest absolute Gasteiger partial charge is 0.493 e. The lowest BCUT2D eigenvalue weighted by Crippen LogP contribution is -2.31. The second-order valence-corrected chi connectivity index (χ2v) is 8.84. The Morgan fingerprint density at radius 2 is 1.52 bits per heavy atom. The van der Waals surface area contributed by atoms with E-state index in [-0.39, 0.29) is 0 Å². The maximum Gasteiger partial charge on any atom is 0.127 e. The second kappa shape index (κ2) is 8.78. The molecule has 0 N–H and O–H groups in total. The van der Waals surface area contributed by atoms with Gasteiger partial charge in [0.25, 0.3) is 0 Å². The lowest BCUT2D eigenvalue weighted by Gasteiger charge is -2.23. The van der Waals surface area contributed by atoms with Gasteiger partial charge in [-0.2, -0.15) is 0 Å². The molecule has 3 aromatic carbocycles. The van der Waals surface area contributed by atoms with E-state index in [0.29, 0.717) is 13.2 Å². The molecule has 0 unspecified atom stereocenters. The van der Waals surface area contributed by atoms with Crippen LogP contribution in [0.15, 0.2) is 78.6 Å². The number of rotatable bonds is 0. The Labute approximate surface area is 194 Å². The Hall–Kier alpha value is -3.52. The number of ether oxygens (including phenoxy) is 2. The Morgan fingerprint density at radius 3 is 2.42 bits per heavy atom. The molecule has 0 fully saturated rings. The van der Waals surface area contributed by atoms with Crippen molar-refractivity contribution in [2.24, 2.45) is 0 Å². The Balaban J connectivity index is 1.82. The molecule has 1 aliphatic heterocycles. The van der Waals surface area contributed by atoms with Crippen molar-refractivity contribution in [1.82, 2.24) is 0 Å². The average molecular weight is 433 g/mol. The van der Waals surface area contributed by atoms with Crippen LogP contribution in [0.4, 0.5) is 0 Å². The number of hydrogen-bond donors (Lipinski definition) is 0. The summed E-state index contributed by atoms with van der Waals surface area (Å²) in [5, 5.41) is 5.13. The topological polar surface area (TPSA) is 18.5 Å². The number of benzene rings is 3. The minimum Gasteiger partial charge on any atom is -0.493 e. The molecule has 2 nitrogen and oxygen atoms in total. The molecule has 0 saturated carbocycles. The van der Waals surface area contributed by atoms with E-state index in [4.69, 9.17) is 9.47 Å². The first kappa shape index (κ1) is 20.1. The van der Waals surface area contributed by atoms with Crippen LogP contribution in [-0.4, -0.2) is 13.2 Å². The lowest BCUT2D eigenvalue weighted by atomic mass is 9.85. The summed E-state index contributed by atoms with van der Waals surface area (Å²) in [5.41, 5.74) is 5.10. The third kappa shape index (κ3) is 3.60. The van der Waals surface area contributed by atoms with Gasteiger partial charge >= 0.3 is 0 Å². The summed E-state index contributed by atoms with van der Waals surface area (Å²) in [6, 6.07) is 17.4. The van der Waals surface area contributed by atoms with Gasteiger partial charge in [0.2, 0.25) is 0 Å². The van der Waals surface area contributed by atoms with E-state index < -0.39 is 0 Å². The van der Waals surface area contributed by atoms with Crippen LogP contribution in [0.5, 0.6) is 5.75 Å². The van der Waals surface area contributed by atoms with E-state index in [9.17, 15) is 0 Å². The van der Waals surface area contributed by atoms with Crippen LogP contribution in [0.2, 0.25) is 0 Å². The molecule has 1 heterocycles. The van der Waals surface area contributed by atoms with Gasteiger partial charge in [-0.25, -0.2) is 0 Å². The Kier molecular flexibility index (Phi) is 5.35. The molecule has 0 aromatic heterocycles. The van der Waals surface area contributed by atoms with Crippen LogP contribution in [-0.2, 0) is 4.74 Å². The minimum absolute atomic E-state index is 0.692. The molecule has 0 spiro atoms. The van der Waals surface area contributed by atoms with Gasteiger partial charge in [0.1, 0.15) is 11.5 Å². The molecular formula is C31H28O2. The van der Waals surface area contributed by atoms with Gasteiger partial charge < -0.3 is 9.47 Å². The van der Waals surface area contributed by atoms with Crippen molar-refractivity contribution < 1.29 is 9.47 Å². The summed E-state index contributed by atoms with van der Waals surface area (Å²) >= 11 is 0. The van der Waals surface area contributed by atoms with Gasteiger partial charge in [-0.05, 0) is 71.0 Å². The standard InChI is InChI=1S/C31H28O2/c1-2-12-22-23(13-3-1)31-25-15-5-4-14-24(25)30(22)26-16-6-8-18-28(26)32-20-10-11-21-33-29-19-9-7-17-27(29)31/h1-2,4-5,7-9,12-15,17-19H,3,6,10-11,16,20-21H2. The third-order valence-electron chi connectivity index (χ3n) is 6.79. The van der Waals surface area contributed by atoms with Gasteiger partial charge in [-0.1, -0.05) is 72.8 Å². The normalized spacial score (nSPS) is 17.5. The molecule has 0 saturated heterocycles. The molecule has 33 heavy (non-hydrogen) atoms. The number of para-hydroxylation sites is 1. The highest BCUT2D eigenvalue weighted by molar-refractivity contribution is 6.05. The second-order valence-electron chi connectivity index (χ2n) is 8.84. The first-order valence-corrected chi connectivity index (χ1v) is 12.1. The quantitative estimate of drug-likeness (QED) is 0.416. The number of hydrogen-bond acceptors (Lipinski definition) is 2. The van der Waals surface area contributed by atoms with Crippen molar-refractivity contribution in [1.29, 1.82) is 0 Å². The molecule has 164 valence electrons. The first-order chi connectivity index (χ1) is 16.4. The SMILES string of the molecule is C1=CCC=c2c3c4ccccc4c(c2=C1)C1=C(C=CCC1)OCCCCOc1ccccc1-3. The van der Waals surface area contributed by atoms with Crippen LogP contribution in [0.1, 0.15) is 37.7 Å². The zero-order chi connectivity index (χ0) is 22.0. The van der Waals surface area contributed by atoms with Crippen LogP contribution in [0.3, 0.4) is 0 Å². The molecule has 2 aliphatic carbocycles. The highest BCUT2D eigenvalue weighted by Crippen LogP contribution is 2.37. The number of fused-ring (bicyclic) bond motifs is 6. The van der Waals surface area contributed by atoms with E-state index in [1.165, 1.54) is 43.5 Å². The molecule has 6 rings (SSSR count). The summed E-state index contributed by atoms with van der Waals surface area (Å²) in [7, 11) is 0. The first-order valence-electron chi connectivity index (χ1n) is 12.1. The van der Waals surface area contributed by atoms with Crippen molar-refractivity contribution >= 4 is 28.5 Å². The zero-order valence-corrected chi connectivity index (χ0v) is 18.8. The van der Waals surface area contributed by atoms with Gasteiger partial charge in [0.05, 0.1) is 13.2 Å². The fraction of sp³-hybridized carbons (Fsp3) is 0.226. The van der Waals surface area contributed by atoms with Crippen molar-refractivity contribution in [3.8, 4) is 16.9 Å². The van der Waals surface area contributed by atoms with Crippen molar-refractivity contribution in [2.75, 3.05) is 13.2 Å². The highest BCUT2D eigenvalue weighted by Gasteiger charge is 2.21. The predicted molar refractivity (Wildman–Crippen MR) is 137 cm³/mol. The Bertz CT molecular complexity index is 1440. The zero-order valence-electron chi connectivity index (χ0n) is 18.8. The molecule has 2 heteroatoms. The van der Waals surface area contributed by atoms with Crippen LogP contribution < -0.4 is 15.2 Å². The van der Waals surface area contributed by atoms with Crippen LogP contribution >= 0.6 is 0 Å². The molecule has 0 amide bonds. The van der Waals surface area contributed by atoms with Crippen LogP contribution in [0.25, 0.3) is 39.6 Å². The highest BCUT2D eigenvalue weighted by atomic mass is 16.5. The van der Waals surface area contributed by atoms with E-state index in [1.54, 1.807) is 0 Å². The fourth-order valence-electron chi connectivity index (χ4n) is 5.30. The van der Waals surface area contributed by atoms with E-state index >= 15 is 0 Å². The smallest absolute Gasteiger partial charge is 0.127 e. The predicted octanol–water partition coefficient (Wildman–Crippen LogP) is 6.28. The maximum atomic E-state index is 6.38. The van der Waals surface area contributed by atoms with Crippen molar-refractivity contribution in [3.63, 3.8) is 0 Å². The molecule has 0 radical (unpaired) electrons. The van der Waals surface area contributed by atoms with E-state index in [1.807, 2.05) is 0 Å². The van der Waals surface area contributed by atoms with Crippen molar-refractivity contribution in [2.45, 2.75) is 32.1 Å². The fourth-order valence-corrected chi connectivity index (χ4v) is 5.30. The van der Waals surface area contributed by atoms with E-state index in [0.717, 1.165) is 43.6 Å². The number of allylic oxidation sites excluding steroid dienone is 5. The van der Waals surface area contributed by atoms with Gasteiger partial charge in [-0.3, -0.25) is 0 Å². The van der Waals surface area contributed by atoms with Crippen LogP contribution in [0, 0.1) is 0 Å². The summed E-state index contributed by atoms with van der Waals surface area (Å²) in [4.78, 5) is 0. The molecule has 3 aliphatic rings. The summed E-state index contributed by atoms with van der Waals surface area (Å²) in [6.45, 7) is 1.40. The monoisotopic (exact) mass is 432 g/mol. The van der Waals surface area contributed by atoms with E-state index in [2.05, 4.69) is 85.0 Å². The third-order valence-corrected chi connectivity index (χ3v) is 6.79. The molecule has 3 aromatic rings. The maximum absolute atomic E-state index is 6.38. The average Bonchev–Trinajstić information content (AvgIpc) is 3.11. The summed E-state index contributed by atoms with van der Waals surface area (Å²) in [6.07, 6.45) is 18.4. The molecule has 0 atom stereocenters. The van der Waals surface area contributed by atoms with Crippen molar-refractivity contribution in [3.05, 3.63) is 94.6 Å². The van der Waals surface area contributed by atoms with Gasteiger partial charge in [-0.15, -0.1) is 0 Å². The molecular weight excluding hydrogens is 404 g/mol. The molecule has 2 bridgehead atoms. The Morgan fingerprint density at radius 1 is 0.727 bits per heavy atom. The summed E-state index contributed by atoms with van der Waals surface area (Å²) < 4.78 is 12.7. The minimum atomic E-state index is 0.692. The summed E-state index contributed by atoms with van der Waals surface area (Å²) in [5.74, 6) is 1.99. The lowest BCUT2D eigenvalue weighted by molar-refractivity contribution is 0.206.